The first-order valence-corrected chi connectivity index (χ1v) is 8.95. The minimum Gasteiger partial charge on any atom is -0.360 e. The van der Waals surface area contributed by atoms with Crippen LogP contribution in [0.1, 0.15) is 33.2 Å². The van der Waals surface area contributed by atoms with Gasteiger partial charge < -0.3 is 5.32 Å². The number of anilines is 2. The summed E-state index contributed by atoms with van der Waals surface area (Å²) in [5.41, 5.74) is 5.53. The van der Waals surface area contributed by atoms with Gasteiger partial charge in [-0.2, -0.15) is 0 Å². The lowest BCUT2D eigenvalue weighted by molar-refractivity contribution is 0.0993. The largest absolute Gasteiger partial charge is 0.360 e. The van der Waals surface area contributed by atoms with Gasteiger partial charge in [0.2, 0.25) is 0 Å². The maximum Gasteiger partial charge on any atom is 0.260 e. The van der Waals surface area contributed by atoms with Crippen LogP contribution in [0.3, 0.4) is 0 Å². The summed E-state index contributed by atoms with van der Waals surface area (Å²) < 4.78 is 0. The van der Waals surface area contributed by atoms with Crippen molar-refractivity contribution in [2.75, 3.05) is 10.2 Å². The molecule has 0 aliphatic carbocycles. The molecule has 3 aromatic carbocycles. The van der Waals surface area contributed by atoms with Crippen LogP contribution in [0.2, 0.25) is 5.02 Å². The van der Waals surface area contributed by atoms with E-state index in [2.05, 4.69) is 5.32 Å². The fraction of sp³-hybridized carbons (Fsp3) is 0.136. The van der Waals surface area contributed by atoms with Gasteiger partial charge in [-0.3, -0.25) is 9.69 Å². The molecule has 26 heavy (non-hydrogen) atoms. The van der Waals surface area contributed by atoms with E-state index in [4.69, 9.17) is 11.6 Å². The van der Waals surface area contributed by atoms with Crippen LogP contribution in [0.4, 0.5) is 11.4 Å². The highest BCUT2D eigenvalue weighted by molar-refractivity contribution is 6.33. The van der Waals surface area contributed by atoms with Crippen LogP contribution < -0.4 is 10.2 Å². The second kappa shape index (κ2) is 6.50. The summed E-state index contributed by atoms with van der Waals surface area (Å²) in [5.74, 6) is -0.00404. The lowest BCUT2D eigenvalue weighted by Gasteiger charge is -2.28. The van der Waals surface area contributed by atoms with Gasteiger partial charge in [0.1, 0.15) is 6.17 Å². The van der Waals surface area contributed by atoms with Gasteiger partial charge in [0, 0.05) is 16.8 Å². The summed E-state index contributed by atoms with van der Waals surface area (Å²) in [7, 11) is 0. The molecular formula is C22H19ClN2O. The number of carbonyl (C=O) groups excluding carboxylic acids is 1. The van der Waals surface area contributed by atoms with Crippen LogP contribution in [0.25, 0.3) is 0 Å². The second-order valence-corrected chi connectivity index (χ2v) is 6.99. The molecule has 0 spiro atoms. The van der Waals surface area contributed by atoms with Gasteiger partial charge in [0.15, 0.2) is 0 Å². The lowest BCUT2D eigenvalue weighted by atomic mass is 10.1. The van der Waals surface area contributed by atoms with Crippen molar-refractivity contribution in [3.63, 3.8) is 0 Å². The SMILES string of the molecule is Cc1ccc(N[C@@H]2c3ccccc3C(=O)N2c2ccccc2C)c(Cl)c1. The highest BCUT2D eigenvalue weighted by Gasteiger charge is 2.38. The molecule has 130 valence electrons. The first-order valence-electron chi connectivity index (χ1n) is 8.57. The Hall–Kier alpha value is -2.78. The Morgan fingerprint density at radius 3 is 2.46 bits per heavy atom. The quantitative estimate of drug-likeness (QED) is 0.645. The van der Waals surface area contributed by atoms with E-state index in [9.17, 15) is 4.79 Å². The molecular weight excluding hydrogens is 344 g/mol. The number of rotatable bonds is 3. The Morgan fingerprint density at radius 2 is 1.69 bits per heavy atom. The van der Waals surface area contributed by atoms with Crippen molar-refractivity contribution in [2.45, 2.75) is 20.0 Å². The Labute approximate surface area is 158 Å². The molecule has 1 heterocycles. The van der Waals surface area contributed by atoms with Gasteiger partial charge in [-0.15, -0.1) is 0 Å². The van der Waals surface area contributed by atoms with Crippen molar-refractivity contribution in [1.82, 2.24) is 0 Å². The average molecular weight is 363 g/mol. The molecule has 3 aromatic rings. The van der Waals surface area contributed by atoms with Crippen LogP contribution in [-0.4, -0.2) is 5.91 Å². The fourth-order valence-electron chi connectivity index (χ4n) is 3.43. The number of nitrogens with one attached hydrogen (secondary N) is 1. The van der Waals surface area contributed by atoms with Crippen molar-refractivity contribution in [2.24, 2.45) is 0 Å². The Balaban J connectivity index is 1.82. The van der Waals surface area contributed by atoms with Crippen molar-refractivity contribution < 1.29 is 4.79 Å². The Kier molecular flexibility index (Phi) is 4.17. The number of carbonyl (C=O) groups is 1. The highest BCUT2D eigenvalue weighted by Crippen LogP contribution is 2.40. The minimum atomic E-state index is -0.306. The molecule has 1 atom stereocenters. The molecule has 1 N–H and O–H groups in total. The van der Waals surface area contributed by atoms with E-state index in [1.807, 2.05) is 85.5 Å². The molecule has 0 saturated heterocycles. The Bertz CT molecular complexity index is 999. The number of fused-ring (bicyclic) bond motifs is 1. The summed E-state index contributed by atoms with van der Waals surface area (Å²) in [4.78, 5) is 15.0. The summed E-state index contributed by atoms with van der Waals surface area (Å²) in [6.45, 7) is 4.02. The van der Waals surface area contributed by atoms with Gasteiger partial charge in [-0.1, -0.05) is 54.1 Å². The van der Waals surface area contributed by atoms with E-state index >= 15 is 0 Å². The first kappa shape index (κ1) is 16.7. The van der Waals surface area contributed by atoms with Crippen molar-refractivity contribution in [3.05, 3.63) is 94.0 Å². The Morgan fingerprint density at radius 1 is 0.962 bits per heavy atom. The van der Waals surface area contributed by atoms with Gasteiger partial charge in [-0.05, 0) is 49.2 Å². The third-order valence-electron chi connectivity index (χ3n) is 4.75. The standard InChI is InChI=1S/C22H19ClN2O/c1-14-11-12-19(18(23)13-14)24-21-16-8-4-5-9-17(16)22(26)25(21)20-10-6-3-7-15(20)2/h3-13,21,24H,1-2H3/t21-/m0/s1. The van der Waals surface area contributed by atoms with Crippen LogP contribution in [0, 0.1) is 13.8 Å². The topological polar surface area (TPSA) is 32.3 Å². The number of amides is 1. The summed E-state index contributed by atoms with van der Waals surface area (Å²) in [6, 6.07) is 21.5. The fourth-order valence-corrected chi connectivity index (χ4v) is 3.71. The van der Waals surface area contributed by atoms with Crippen molar-refractivity contribution in [3.8, 4) is 0 Å². The molecule has 4 rings (SSSR count). The summed E-state index contributed by atoms with van der Waals surface area (Å²) in [5, 5.41) is 4.12. The zero-order valence-corrected chi connectivity index (χ0v) is 15.4. The monoisotopic (exact) mass is 362 g/mol. The average Bonchev–Trinajstić information content (AvgIpc) is 2.90. The van der Waals surface area contributed by atoms with Gasteiger partial charge >= 0.3 is 0 Å². The van der Waals surface area contributed by atoms with Crippen molar-refractivity contribution >= 4 is 28.9 Å². The van der Waals surface area contributed by atoms with E-state index in [1.54, 1.807) is 0 Å². The molecule has 4 heteroatoms. The predicted octanol–water partition coefficient (Wildman–Crippen LogP) is 5.73. The number of halogens is 1. The van der Waals surface area contributed by atoms with Crippen LogP contribution in [0.15, 0.2) is 66.7 Å². The predicted molar refractivity (Wildman–Crippen MR) is 107 cm³/mol. The zero-order chi connectivity index (χ0) is 18.3. The van der Waals surface area contributed by atoms with E-state index < -0.39 is 0 Å². The summed E-state index contributed by atoms with van der Waals surface area (Å²) in [6.07, 6.45) is -0.306. The van der Waals surface area contributed by atoms with Crippen LogP contribution >= 0.6 is 11.6 Å². The number of hydrogen-bond acceptors (Lipinski definition) is 2. The minimum absolute atomic E-state index is 0.00404. The number of nitrogens with zero attached hydrogens (tertiary/aromatic N) is 1. The molecule has 0 radical (unpaired) electrons. The van der Waals surface area contributed by atoms with Gasteiger partial charge in [0.05, 0.1) is 10.7 Å². The molecule has 0 bridgehead atoms. The lowest BCUT2D eigenvalue weighted by Crippen LogP contribution is -2.32. The molecule has 1 aliphatic rings. The van der Waals surface area contributed by atoms with Crippen molar-refractivity contribution in [1.29, 1.82) is 0 Å². The molecule has 0 unspecified atom stereocenters. The first-order chi connectivity index (χ1) is 12.6. The number of para-hydroxylation sites is 1. The smallest absolute Gasteiger partial charge is 0.260 e. The molecule has 1 amide bonds. The molecule has 0 aromatic heterocycles. The van der Waals surface area contributed by atoms with Gasteiger partial charge in [0.25, 0.3) is 5.91 Å². The van der Waals surface area contributed by atoms with E-state index in [0.717, 1.165) is 33.6 Å². The molecule has 3 nitrogen and oxygen atoms in total. The van der Waals surface area contributed by atoms with Gasteiger partial charge in [-0.25, -0.2) is 0 Å². The molecule has 0 saturated carbocycles. The van der Waals surface area contributed by atoms with E-state index in [-0.39, 0.29) is 12.1 Å². The molecule has 1 aliphatic heterocycles. The normalized spacial score (nSPS) is 15.9. The number of aryl methyl sites for hydroxylation is 2. The zero-order valence-electron chi connectivity index (χ0n) is 14.7. The molecule has 0 fully saturated rings. The van der Waals surface area contributed by atoms with Crippen LogP contribution in [-0.2, 0) is 0 Å². The van der Waals surface area contributed by atoms with Crippen LogP contribution in [0.5, 0.6) is 0 Å². The van der Waals surface area contributed by atoms with E-state index in [0.29, 0.717) is 5.02 Å². The summed E-state index contributed by atoms with van der Waals surface area (Å²) >= 11 is 6.43. The maximum absolute atomic E-state index is 13.1. The van der Waals surface area contributed by atoms with E-state index in [1.165, 1.54) is 0 Å². The number of benzene rings is 3. The highest BCUT2D eigenvalue weighted by atomic mass is 35.5. The third kappa shape index (κ3) is 2.74. The third-order valence-corrected chi connectivity index (χ3v) is 5.07. The maximum atomic E-state index is 13.1. The second-order valence-electron chi connectivity index (χ2n) is 6.58. The number of hydrogen-bond donors (Lipinski definition) is 1.